The molecule has 2 N–H and O–H groups in total. The van der Waals surface area contributed by atoms with Gasteiger partial charge in [-0.05, 0) is 63.5 Å². The van der Waals surface area contributed by atoms with Crippen LogP contribution in [0.1, 0.15) is 70.2 Å². The Morgan fingerprint density at radius 1 is 1.18 bits per heavy atom. The smallest absolute Gasteiger partial charge is 0.253 e. The molecule has 0 spiro atoms. The number of hydrogen-bond donors (Lipinski definition) is 1. The third-order valence-corrected chi connectivity index (χ3v) is 8.60. The zero-order chi connectivity index (χ0) is 24.7. The van der Waals surface area contributed by atoms with Crippen molar-refractivity contribution >= 4 is 21.6 Å². The molecule has 1 aliphatic heterocycles. The molecule has 2 fully saturated rings. The van der Waals surface area contributed by atoms with Crippen molar-refractivity contribution in [2.75, 3.05) is 11.4 Å². The summed E-state index contributed by atoms with van der Waals surface area (Å²) in [4.78, 5) is 23.1. The zero-order valence-corrected chi connectivity index (χ0v) is 21.1. The van der Waals surface area contributed by atoms with Gasteiger partial charge in [-0.15, -0.1) is 0 Å². The summed E-state index contributed by atoms with van der Waals surface area (Å²) in [5.74, 6) is 0.670. The van der Waals surface area contributed by atoms with Crippen LogP contribution in [0.5, 0.6) is 5.88 Å². The number of anilines is 1. The number of aromatic nitrogens is 2. The molecule has 8 nitrogen and oxygen atoms in total. The normalized spacial score (nSPS) is 24.7. The summed E-state index contributed by atoms with van der Waals surface area (Å²) in [5, 5.41) is -0.178. The molecular weight excluding hydrogens is 452 g/mol. The van der Waals surface area contributed by atoms with Crippen LogP contribution in [0.25, 0.3) is 0 Å². The van der Waals surface area contributed by atoms with Crippen molar-refractivity contribution in [3.8, 4) is 5.88 Å². The van der Waals surface area contributed by atoms with Gasteiger partial charge >= 0.3 is 0 Å². The number of primary amides is 1. The maximum atomic E-state index is 13.7. The van der Waals surface area contributed by atoms with Crippen LogP contribution in [-0.4, -0.2) is 42.5 Å². The Morgan fingerprint density at radius 2 is 1.94 bits per heavy atom. The molecule has 0 bridgehead atoms. The molecule has 1 saturated carbocycles. The Bertz CT molecular complexity index is 1180. The second-order valence-corrected chi connectivity index (χ2v) is 12.3. The topological polar surface area (TPSA) is 115 Å². The van der Waals surface area contributed by atoms with Gasteiger partial charge in [0.2, 0.25) is 15.7 Å². The highest BCUT2D eigenvalue weighted by Gasteiger charge is 2.40. The van der Waals surface area contributed by atoms with Crippen molar-refractivity contribution < 1.29 is 17.9 Å². The van der Waals surface area contributed by atoms with Gasteiger partial charge in [0.15, 0.2) is 5.03 Å². The molecule has 184 valence electrons. The van der Waals surface area contributed by atoms with E-state index in [1.54, 1.807) is 12.1 Å². The lowest BCUT2D eigenvalue weighted by molar-refractivity contribution is 0.0997. The number of rotatable bonds is 6. The second-order valence-electron chi connectivity index (χ2n) is 10.4. The van der Waals surface area contributed by atoms with Crippen molar-refractivity contribution in [3.05, 3.63) is 36.0 Å². The first-order chi connectivity index (χ1) is 16.0. The Kier molecular flexibility index (Phi) is 6.59. The lowest BCUT2D eigenvalue weighted by Gasteiger charge is -2.33. The SMILES string of the molecule is CC1CCCC(Oc2cccc(S(=O)(=O)c3ccnc(N4CC(C)CC4(C)C)c3C(N)=O)n2)C1. The van der Waals surface area contributed by atoms with Crippen LogP contribution in [-0.2, 0) is 9.84 Å². The Morgan fingerprint density at radius 3 is 2.59 bits per heavy atom. The fourth-order valence-electron chi connectivity index (χ4n) is 5.43. The average Bonchev–Trinajstić information content (AvgIpc) is 3.05. The van der Waals surface area contributed by atoms with Gasteiger partial charge in [-0.1, -0.05) is 26.3 Å². The van der Waals surface area contributed by atoms with Crippen LogP contribution in [0.2, 0.25) is 0 Å². The van der Waals surface area contributed by atoms with Gasteiger partial charge in [-0.3, -0.25) is 4.79 Å². The lowest BCUT2D eigenvalue weighted by atomic mass is 9.89. The number of nitrogens with zero attached hydrogens (tertiary/aromatic N) is 3. The van der Waals surface area contributed by atoms with Crippen molar-refractivity contribution in [1.29, 1.82) is 0 Å². The first-order valence-corrected chi connectivity index (χ1v) is 13.4. The van der Waals surface area contributed by atoms with Gasteiger partial charge < -0.3 is 15.4 Å². The van der Waals surface area contributed by atoms with E-state index in [-0.39, 0.29) is 33.0 Å². The molecule has 1 saturated heterocycles. The van der Waals surface area contributed by atoms with Gasteiger partial charge in [0.1, 0.15) is 17.5 Å². The quantitative estimate of drug-likeness (QED) is 0.656. The van der Waals surface area contributed by atoms with E-state index >= 15 is 0 Å². The summed E-state index contributed by atoms with van der Waals surface area (Å²) < 4.78 is 33.4. The van der Waals surface area contributed by atoms with Crippen LogP contribution in [0.3, 0.4) is 0 Å². The summed E-state index contributed by atoms with van der Waals surface area (Å²) >= 11 is 0. The van der Waals surface area contributed by atoms with Crippen LogP contribution < -0.4 is 15.4 Å². The number of nitrogens with two attached hydrogens (primary N) is 1. The monoisotopic (exact) mass is 486 g/mol. The number of carbonyl (C=O) groups excluding carboxylic acids is 1. The Hall–Kier alpha value is -2.68. The third kappa shape index (κ3) is 4.76. The summed E-state index contributed by atoms with van der Waals surface area (Å²) in [5.41, 5.74) is 5.34. The minimum Gasteiger partial charge on any atom is -0.474 e. The highest BCUT2D eigenvalue weighted by atomic mass is 32.2. The largest absolute Gasteiger partial charge is 0.474 e. The fraction of sp³-hybridized carbons (Fsp3) is 0.560. The number of hydrogen-bond acceptors (Lipinski definition) is 7. The third-order valence-electron chi connectivity index (χ3n) is 6.91. The fourth-order valence-corrected chi connectivity index (χ4v) is 6.83. The van der Waals surface area contributed by atoms with E-state index in [9.17, 15) is 13.2 Å². The van der Waals surface area contributed by atoms with E-state index in [1.165, 1.54) is 24.8 Å². The Balaban J connectivity index is 1.72. The molecule has 4 rings (SSSR count). The van der Waals surface area contributed by atoms with E-state index in [1.807, 2.05) is 4.90 Å². The summed E-state index contributed by atoms with van der Waals surface area (Å²) in [6.45, 7) is 9.08. The predicted molar refractivity (Wildman–Crippen MR) is 130 cm³/mol. The Labute approximate surface area is 201 Å². The molecule has 1 amide bonds. The molecule has 3 atom stereocenters. The molecule has 0 aromatic carbocycles. The summed E-state index contributed by atoms with van der Waals surface area (Å²) in [6, 6.07) is 6.01. The summed E-state index contributed by atoms with van der Waals surface area (Å²) in [7, 11) is -4.15. The van der Waals surface area contributed by atoms with Gasteiger partial charge in [-0.2, -0.15) is 0 Å². The van der Waals surface area contributed by atoms with Gasteiger partial charge in [0, 0.05) is 24.3 Å². The number of carbonyl (C=O) groups is 1. The van der Waals surface area contributed by atoms with Crippen LogP contribution in [0, 0.1) is 11.8 Å². The maximum Gasteiger partial charge on any atom is 0.253 e. The first kappa shape index (κ1) is 24.4. The molecule has 2 aliphatic rings. The average molecular weight is 487 g/mol. The van der Waals surface area contributed by atoms with Crippen LogP contribution >= 0.6 is 0 Å². The van der Waals surface area contributed by atoms with Crippen LogP contribution in [0.15, 0.2) is 40.4 Å². The second kappa shape index (κ2) is 9.17. The standard InChI is InChI=1S/C25H34N4O4S/c1-16-7-5-8-18(13-16)33-20-9-6-10-21(28-20)34(31,32)19-11-12-27-24(22(19)23(26)30)29-15-17(2)14-25(29,3)4/h6,9-12,16-18H,5,7-8,13-15H2,1-4H3,(H2,26,30). The van der Waals surface area contributed by atoms with E-state index in [2.05, 4.69) is 37.7 Å². The summed E-state index contributed by atoms with van der Waals surface area (Å²) in [6.07, 6.45) is 6.42. The molecule has 3 unspecified atom stereocenters. The molecule has 0 radical (unpaired) electrons. The van der Waals surface area contributed by atoms with Gasteiger partial charge in [-0.25, -0.2) is 18.4 Å². The maximum absolute atomic E-state index is 13.7. The molecule has 3 heterocycles. The van der Waals surface area contributed by atoms with Crippen LogP contribution in [0.4, 0.5) is 5.82 Å². The van der Waals surface area contributed by atoms with Crippen molar-refractivity contribution in [2.45, 2.75) is 81.4 Å². The molecule has 2 aromatic rings. The predicted octanol–water partition coefficient (Wildman–Crippen LogP) is 3.99. The highest BCUT2D eigenvalue weighted by Crippen LogP contribution is 2.39. The minimum absolute atomic E-state index is 0.0160. The first-order valence-electron chi connectivity index (χ1n) is 11.9. The number of amides is 1. The lowest BCUT2D eigenvalue weighted by Crippen LogP contribution is -2.40. The molecule has 2 aromatic heterocycles. The minimum atomic E-state index is -4.15. The van der Waals surface area contributed by atoms with Gasteiger partial charge in [0.05, 0.1) is 4.90 Å². The number of pyridine rings is 2. The number of ether oxygens (including phenoxy) is 1. The molecule has 9 heteroatoms. The molecule has 34 heavy (non-hydrogen) atoms. The number of sulfone groups is 1. The van der Waals surface area contributed by atoms with E-state index < -0.39 is 15.7 Å². The molecular formula is C25H34N4O4S. The highest BCUT2D eigenvalue weighted by molar-refractivity contribution is 7.91. The van der Waals surface area contributed by atoms with Crippen molar-refractivity contribution in [3.63, 3.8) is 0 Å². The van der Waals surface area contributed by atoms with Crippen molar-refractivity contribution in [2.24, 2.45) is 17.6 Å². The van der Waals surface area contributed by atoms with Crippen molar-refractivity contribution in [1.82, 2.24) is 9.97 Å². The van der Waals surface area contributed by atoms with E-state index in [0.29, 0.717) is 24.2 Å². The van der Waals surface area contributed by atoms with E-state index in [4.69, 9.17) is 10.5 Å². The van der Waals surface area contributed by atoms with E-state index in [0.717, 1.165) is 25.7 Å². The van der Waals surface area contributed by atoms with Gasteiger partial charge in [0.25, 0.3) is 5.91 Å². The zero-order valence-electron chi connectivity index (χ0n) is 20.3. The molecule has 1 aliphatic carbocycles.